The lowest BCUT2D eigenvalue weighted by Crippen LogP contribution is -2.27. The van der Waals surface area contributed by atoms with Crippen LogP contribution in [0.5, 0.6) is 0 Å². The minimum Gasteiger partial charge on any atom is -0.481 e. The standard InChI is InChI=1S/C8H12O4.C8H18O2/c9-7(10)5-1-2-6(4-3-5)8(11)12;1-7(2,3)9-10-8(4,5)6/h5-6H,1-4H2,(H,9,10)(H,11,12);1-6H3. The maximum absolute atomic E-state index is 10.5. The quantitative estimate of drug-likeness (QED) is 0.611. The monoisotopic (exact) mass is 318 g/mol. The molecule has 0 amide bonds. The summed E-state index contributed by atoms with van der Waals surface area (Å²) < 4.78 is 0. The minimum absolute atomic E-state index is 0.215. The lowest BCUT2D eigenvalue weighted by Gasteiger charge is -2.24. The van der Waals surface area contributed by atoms with Crippen LogP contribution in [0.15, 0.2) is 0 Å². The third-order valence-electron chi connectivity index (χ3n) is 2.97. The summed E-state index contributed by atoms with van der Waals surface area (Å²) in [7, 11) is 0. The van der Waals surface area contributed by atoms with Crippen LogP contribution in [0.1, 0.15) is 67.2 Å². The van der Waals surface area contributed by atoms with Gasteiger partial charge >= 0.3 is 11.9 Å². The third-order valence-corrected chi connectivity index (χ3v) is 2.97. The summed E-state index contributed by atoms with van der Waals surface area (Å²) in [5.74, 6) is -2.22. The Morgan fingerprint density at radius 2 is 0.955 bits per heavy atom. The molecule has 0 aromatic heterocycles. The zero-order valence-electron chi connectivity index (χ0n) is 14.5. The maximum Gasteiger partial charge on any atom is 0.306 e. The molecule has 0 radical (unpaired) electrons. The molecule has 0 bridgehead atoms. The van der Waals surface area contributed by atoms with Gasteiger partial charge in [0.25, 0.3) is 0 Å². The molecule has 22 heavy (non-hydrogen) atoms. The SMILES string of the molecule is CC(C)(C)OOC(C)(C)C.O=C(O)C1CCC(C(=O)O)CC1. The minimum atomic E-state index is -0.793. The summed E-state index contributed by atoms with van der Waals surface area (Å²) in [5, 5.41) is 17.2. The summed E-state index contributed by atoms with van der Waals surface area (Å²) >= 11 is 0. The zero-order valence-corrected chi connectivity index (χ0v) is 14.5. The second kappa shape index (κ2) is 8.48. The van der Waals surface area contributed by atoms with Crippen molar-refractivity contribution in [1.82, 2.24) is 0 Å². The Balaban J connectivity index is 0.000000409. The molecule has 0 atom stereocenters. The molecule has 0 saturated heterocycles. The highest BCUT2D eigenvalue weighted by atomic mass is 17.2. The highest BCUT2D eigenvalue weighted by Crippen LogP contribution is 2.28. The largest absolute Gasteiger partial charge is 0.481 e. The Hall–Kier alpha value is -1.14. The Labute approximate surface area is 132 Å². The molecular weight excluding hydrogens is 288 g/mol. The van der Waals surface area contributed by atoms with Crippen LogP contribution in [-0.2, 0) is 19.4 Å². The van der Waals surface area contributed by atoms with Crippen molar-refractivity contribution in [3.8, 4) is 0 Å². The van der Waals surface area contributed by atoms with Gasteiger partial charge in [0.2, 0.25) is 0 Å². The summed E-state index contributed by atoms with van der Waals surface area (Å²) in [5.41, 5.74) is -0.430. The summed E-state index contributed by atoms with van der Waals surface area (Å²) in [6, 6.07) is 0. The highest BCUT2D eigenvalue weighted by molar-refractivity contribution is 5.72. The highest BCUT2D eigenvalue weighted by Gasteiger charge is 2.29. The van der Waals surface area contributed by atoms with Gasteiger partial charge in [-0.25, -0.2) is 9.78 Å². The fraction of sp³-hybridized carbons (Fsp3) is 0.875. The molecule has 6 nitrogen and oxygen atoms in total. The number of hydrogen-bond acceptors (Lipinski definition) is 4. The first-order chi connectivity index (χ1) is 9.82. The van der Waals surface area contributed by atoms with Gasteiger partial charge in [0.1, 0.15) is 0 Å². The Kier molecular flexibility index (Phi) is 8.04. The number of hydrogen-bond donors (Lipinski definition) is 2. The van der Waals surface area contributed by atoms with E-state index < -0.39 is 11.9 Å². The maximum atomic E-state index is 10.5. The molecule has 0 aliphatic heterocycles. The van der Waals surface area contributed by atoms with Crippen molar-refractivity contribution in [2.75, 3.05) is 0 Å². The van der Waals surface area contributed by atoms with Gasteiger partial charge in [-0.05, 0) is 67.2 Å². The molecule has 1 rings (SSSR count). The molecule has 0 heterocycles. The number of carbonyl (C=O) groups is 2. The van der Waals surface area contributed by atoms with E-state index in [1.165, 1.54) is 0 Å². The first-order valence-electron chi connectivity index (χ1n) is 7.64. The van der Waals surface area contributed by atoms with Crippen molar-refractivity contribution < 1.29 is 29.6 Å². The molecule has 6 heteroatoms. The van der Waals surface area contributed by atoms with Gasteiger partial charge in [0.05, 0.1) is 23.0 Å². The average Bonchev–Trinajstić information content (AvgIpc) is 2.36. The summed E-state index contributed by atoms with van der Waals surface area (Å²) in [4.78, 5) is 31.2. The van der Waals surface area contributed by atoms with Gasteiger partial charge in [-0.1, -0.05) is 0 Å². The van der Waals surface area contributed by atoms with E-state index in [1.54, 1.807) is 0 Å². The first kappa shape index (κ1) is 20.9. The van der Waals surface area contributed by atoms with E-state index >= 15 is 0 Å². The van der Waals surface area contributed by atoms with Gasteiger partial charge in [0.15, 0.2) is 0 Å². The molecule has 1 aliphatic rings. The molecule has 1 aliphatic carbocycles. The second-order valence-corrected chi connectivity index (χ2v) is 7.62. The van der Waals surface area contributed by atoms with Crippen molar-refractivity contribution in [2.24, 2.45) is 11.8 Å². The van der Waals surface area contributed by atoms with E-state index in [4.69, 9.17) is 20.0 Å². The molecule has 0 unspecified atom stereocenters. The van der Waals surface area contributed by atoms with E-state index in [2.05, 4.69) is 0 Å². The number of carboxylic acids is 2. The van der Waals surface area contributed by atoms with E-state index in [-0.39, 0.29) is 23.0 Å². The number of carboxylic acid groups (broad SMARTS) is 2. The molecule has 0 aromatic carbocycles. The van der Waals surface area contributed by atoms with Gasteiger partial charge < -0.3 is 10.2 Å². The second-order valence-electron chi connectivity index (χ2n) is 7.62. The van der Waals surface area contributed by atoms with Crippen molar-refractivity contribution in [3.05, 3.63) is 0 Å². The van der Waals surface area contributed by atoms with Crippen LogP contribution >= 0.6 is 0 Å². The lowest BCUT2D eigenvalue weighted by atomic mass is 9.82. The predicted octanol–water partition coefficient (Wildman–Crippen LogP) is 3.49. The lowest BCUT2D eigenvalue weighted by molar-refractivity contribution is -0.393. The number of aliphatic carboxylic acids is 2. The fourth-order valence-electron chi connectivity index (χ4n) is 1.84. The Morgan fingerprint density at radius 1 is 0.727 bits per heavy atom. The van der Waals surface area contributed by atoms with Crippen LogP contribution in [-0.4, -0.2) is 33.4 Å². The van der Waals surface area contributed by atoms with E-state index in [0.717, 1.165) is 0 Å². The van der Waals surface area contributed by atoms with Crippen LogP contribution in [0.2, 0.25) is 0 Å². The van der Waals surface area contributed by atoms with Crippen molar-refractivity contribution in [2.45, 2.75) is 78.4 Å². The van der Waals surface area contributed by atoms with Gasteiger partial charge in [-0.15, -0.1) is 0 Å². The van der Waals surface area contributed by atoms with Crippen LogP contribution in [0.4, 0.5) is 0 Å². The fourth-order valence-corrected chi connectivity index (χ4v) is 1.84. The number of rotatable bonds is 3. The normalized spacial score (nSPS) is 22.5. The summed E-state index contributed by atoms with van der Waals surface area (Å²) in [6.45, 7) is 11.7. The van der Waals surface area contributed by atoms with Crippen LogP contribution < -0.4 is 0 Å². The van der Waals surface area contributed by atoms with Gasteiger partial charge in [0, 0.05) is 0 Å². The van der Waals surface area contributed by atoms with E-state index in [0.29, 0.717) is 25.7 Å². The molecule has 0 spiro atoms. The Morgan fingerprint density at radius 3 is 1.09 bits per heavy atom. The zero-order chi connectivity index (χ0) is 17.6. The molecule has 2 N–H and O–H groups in total. The van der Waals surface area contributed by atoms with Gasteiger partial charge in [-0.3, -0.25) is 9.59 Å². The smallest absolute Gasteiger partial charge is 0.306 e. The van der Waals surface area contributed by atoms with E-state index in [9.17, 15) is 9.59 Å². The first-order valence-corrected chi connectivity index (χ1v) is 7.64. The average molecular weight is 318 g/mol. The molecule has 1 fully saturated rings. The summed E-state index contributed by atoms with van der Waals surface area (Å²) in [6.07, 6.45) is 2.03. The molecule has 0 aromatic rings. The van der Waals surface area contributed by atoms with Crippen LogP contribution in [0, 0.1) is 11.8 Å². The van der Waals surface area contributed by atoms with Crippen LogP contribution in [0.25, 0.3) is 0 Å². The van der Waals surface area contributed by atoms with Gasteiger partial charge in [-0.2, -0.15) is 0 Å². The Bertz CT molecular complexity index is 320. The van der Waals surface area contributed by atoms with Crippen LogP contribution in [0.3, 0.4) is 0 Å². The van der Waals surface area contributed by atoms with Crippen molar-refractivity contribution in [1.29, 1.82) is 0 Å². The van der Waals surface area contributed by atoms with Crippen molar-refractivity contribution in [3.63, 3.8) is 0 Å². The third kappa shape index (κ3) is 10.6. The van der Waals surface area contributed by atoms with E-state index in [1.807, 2.05) is 41.5 Å². The van der Waals surface area contributed by atoms with Crippen molar-refractivity contribution >= 4 is 11.9 Å². The molecule has 130 valence electrons. The molecule has 1 saturated carbocycles. The molecular formula is C16H30O6. The topological polar surface area (TPSA) is 93.1 Å². The predicted molar refractivity (Wildman–Crippen MR) is 82.4 cm³/mol.